The van der Waals surface area contributed by atoms with Crippen LogP contribution in [-0.2, 0) is 0 Å². The van der Waals surface area contributed by atoms with Gasteiger partial charge in [0.1, 0.15) is 5.75 Å². The number of nitrogens with one attached hydrogen (secondary N) is 1. The highest BCUT2D eigenvalue weighted by Crippen LogP contribution is 2.30. The van der Waals surface area contributed by atoms with Crippen molar-refractivity contribution in [1.82, 2.24) is 0 Å². The molecule has 0 fully saturated rings. The summed E-state index contributed by atoms with van der Waals surface area (Å²) in [5.41, 5.74) is 8.20. The van der Waals surface area contributed by atoms with Crippen LogP contribution in [0.3, 0.4) is 0 Å². The van der Waals surface area contributed by atoms with Crippen molar-refractivity contribution in [3.8, 4) is 5.75 Å². The first kappa shape index (κ1) is 14.5. The SMILES string of the molecule is CCC(C)Oc1cccc(Nc2cccc(Cl)c2N)c1. The monoisotopic (exact) mass is 290 g/mol. The normalized spacial score (nSPS) is 11.9. The van der Waals surface area contributed by atoms with Crippen LogP contribution in [0.1, 0.15) is 20.3 Å². The molecule has 0 spiro atoms. The minimum atomic E-state index is 0.196. The molecule has 0 aliphatic carbocycles. The number of nitrogen functional groups attached to an aromatic ring is 1. The van der Waals surface area contributed by atoms with Crippen LogP contribution < -0.4 is 15.8 Å². The van der Waals surface area contributed by atoms with Crippen molar-refractivity contribution in [1.29, 1.82) is 0 Å². The van der Waals surface area contributed by atoms with E-state index in [9.17, 15) is 0 Å². The lowest BCUT2D eigenvalue weighted by Gasteiger charge is -2.15. The molecule has 0 aliphatic heterocycles. The summed E-state index contributed by atoms with van der Waals surface area (Å²) in [6, 6.07) is 13.3. The number of para-hydroxylation sites is 1. The first-order chi connectivity index (χ1) is 9.60. The zero-order valence-electron chi connectivity index (χ0n) is 11.7. The molecular weight excluding hydrogens is 272 g/mol. The molecule has 0 saturated heterocycles. The second kappa shape index (κ2) is 6.53. The van der Waals surface area contributed by atoms with Crippen LogP contribution in [0.15, 0.2) is 42.5 Å². The lowest BCUT2D eigenvalue weighted by molar-refractivity contribution is 0.217. The van der Waals surface area contributed by atoms with Crippen molar-refractivity contribution in [3.63, 3.8) is 0 Å². The Morgan fingerprint density at radius 3 is 2.75 bits per heavy atom. The molecule has 0 aliphatic rings. The van der Waals surface area contributed by atoms with Gasteiger partial charge in [0.15, 0.2) is 0 Å². The summed E-state index contributed by atoms with van der Waals surface area (Å²) in [5.74, 6) is 0.838. The predicted octanol–water partition coefficient (Wildman–Crippen LogP) is 4.84. The van der Waals surface area contributed by atoms with Gasteiger partial charge in [-0.3, -0.25) is 0 Å². The topological polar surface area (TPSA) is 47.3 Å². The van der Waals surface area contributed by atoms with E-state index in [1.807, 2.05) is 36.4 Å². The largest absolute Gasteiger partial charge is 0.491 e. The van der Waals surface area contributed by atoms with Crippen molar-refractivity contribution in [2.24, 2.45) is 0 Å². The Bertz CT molecular complexity index is 586. The molecule has 3 nitrogen and oxygen atoms in total. The molecule has 2 aromatic rings. The fraction of sp³-hybridized carbons (Fsp3) is 0.250. The van der Waals surface area contributed by atoms with Gasteiger partial charge in [0.25, 0.3) is 0 Å². The predicted molar refractivity (Wildman–Crippen MR) is 86.0 cm³/mol. The second-order valence-corrected chi connectivity index (χ2v) is 5.10. The fourth-order valence-corrected chi connectivity index (χ4v) is 1.94. The Morgan fingerprint density at radius 1 is 1.25 bits per heavy atom. The van der Waals surface area contributed by atoms with E-state index < -0.39 is 0 Å². The summed E-state index contributed by atoms with van der Waals surface area (Å²) < 4.78 is 5.80. The van der Waals surface area contributed by atoms with E-state index in [1.54, 1.807) is 6.07 Å². The molecule has 0 heterocycles. The Labute approximate surface area is 124 Å². The number of hydrogen-bond acceptors (Lipinski definition) is 3. The first-order valence-corrected chi connectivity index (χ1v) is 7.05. The van der Waals surface area contributed by atoms with Crippen LogP contribution in [0.5, 0.6) is 5.75 Å². The molecular formula is C16H19ClN2O. The average Bonchev–Trinajstić information content (AvgIpc) is 2.44. The summed E-state index contributed by atoms with van der Waals surface area (Å²) in [4.78, 5) is 0. The maximum Gasteiger partial charge on any atom is 0.121 e. The van der Waals surface area contributed by atoms with Gasteiger partial charge in [0.2, 0.25) is 0 Å². The molecule has 3 N–H and O–H groups in total. The van der Waals surface area contributed by atoms with Gasteiger partial charge in [0.05, 0.1) is 22.5 Å². The van der Waals surface area contributed by atoms with Gasteiger partial charge < -0.3 is 15.8 Å². The summed E-state index contributed by atoms with van der Waals surface area (Å²) in [6.07, 6.45) is 1.17. The van der Waals surface area contributed by atoms with E-state index in [1.165, 1.54) is 0 Å². The minimum Gasteiger partial charge on any atom is -0.491 e. The Kier molecular flexibility index (Phi) is 4.74. The second-order valence-electron chi connectivity index (χ2n) is 4.69. The molecule has 1 unspecified atom stereocenters. The van der Waals surface area contributed by atoms with Crippen LogP contribution >= 0.6 is 11.6 Å². The quantitative estimate of drug-likeness (QED) is 0.774. The molecule has 0 aromatic heterocycles. The third-order valence-electron chi connectivity index (χ3n) is 3.08. The number of ether oxygens (including phenoxy) is 1. The summed E-state index contributed by atoms with van der Waals surface area (Å²) >= 11 is 6.01. The molecule has 1 atom stereocenters. The van der Waals surface area contributed by atoms with E-state index in [0.29, 0.717) is 10.7 Å². The highest BCUT2D eigenvalue weighted by atomic mass is 35.5. The van der Waals surface area contributed by atoms with Gasteiger partial charge >= 0.3 is 0 Å². The van der Waals surface area contributed by atoms with E-state index in [4.69, 9.17) is 22.1 Å². The Morgan fingerprint density at radius 2 is 2.00 bits per heavy atom. The maximum atomic E-state index is 6.01. The molecule has 106 valence electrons. The van der Waals surface area contributed by atoms with Crippen LogP contribution in [-0.4, -0.2) is 6.10 Å². The minimum absolute atomic E-state index is 0.196. The standard InChI is InChI=1S/C16H19ClN2O/c1-3-11(2)20-13-7-4-6-12(10-13)19-15-9-5-8-14(17)16(15)18/h4-11,19H,3,18H2,1-2H3. The van der Waals surface area contributed by atoms with Gasteiger partial charge in [-0.15, -0.1) is 0 Å². The zero-order valence-corrected chi connectivity index (χ0v) is 12.4. The zero-order chi connectivity index (χ0) is 14.5. The van der Waals surface area contributed by atoms with E-state index in [-0.39, 0.29) is 6.10 Å². The maximum absolute atomic E-state index is 6.01. The van der Waals surface area contributed by atoms with Crippen LogP contribution in [0.2, 0.25) is 5.02 Å². The number of rotatable bonds is 5. The molecule has 0 saturated carbocycles. The molecule has 0 bridgehead atoms. The van der Waals surface area contributed by atoms with Crippen molar-refractivity contribution >= 4 is 28.7 Å². The average molecular weight is 291 g/mol. The molecule has 4 heteroatoms. The molecule has 2 rings (SSSR count). The lowest BCUT2D eigenvalue weighted by Crippen LogP contribution is -2.09. The Hall–Kier alpha value is -1.87. The van der Waals surface area contributed by atoms with Gasteiger partial charge in [-0.25, -0.2) is 0 Å². The third kappa shape index (κ3) is 3.58. The van der Waals surface area contributed by atoms with Gasteiger partial charge in [0, 0.05) is 11.8 Å². The van der Waals surface area contributed by atoms with Crippen molar-refractivity contribution in [3.05, 3.63) is 47.5 Å². The first-order valence-electron chi connectivity index (χ1n) is 6.68. The molecule has 2 aromatic carbocycles. The number of benzene rings is 2. The highest BCUT2D eigenvalue weighted by molar-refractivity contribution is 6.33. The third-order valence-corrected chi connectivity index (χ3v) is 3.41. The van der Waals surface area contributed by atoms with Gasteiger partial charge in [-0.2, -0.15) is 0 Å². The smallest absolute Gasteiger partial charge is 0.121 e. The van der Waals surface area contributed by atoms with Crippen molar-refractivity contribution in [2.75, 3.05) is 11.1 Å². The van der Waals surface area contributed by atoms with E-state index in [0.717, 1.165) is 23.5 Å². The molecule has 0 radical (unpaired) electrons. The lowest BCUT2D eigenvalue weighted by atomic mass is 10.2. The fourth-order valence-electron chi connectivity index (χ4n) is 1.76. The summed E-state index contributed by atoms with van der Waals surface area (Å²) in [5, 5.41) is 3.80. The van der Waals surface area contributed by atoms with Gasteiger partial charge in [-0.05, 0) is 37.6 Å². The number of halogens is 1. The van der Waals surface area contributed by atoms with Crippen molar-refractivity contribution < 1.29 is 4.74 Å². The van der Waals surface area contributed by atoms with Crippen molar-refractivity contribution in [2.45, 2.75) is 26.4 Å². The summed E-state index contributed by atoms with van der Waals surface area (Å²) in [6.45, 7) is 4.15. The van der Waals surface area contributed by atoms with Crippen LogP contribution in [0.4, 0.5) is 17.1 Å². The molecule has 0 amide bonds. The van der Waals surface area contributed by atoms with E-state index >= 15 is 0 Å². The number of nitrogens with two attached hydrogens (primary N) is 1. The number of anilines is 3. The Balaban J connectivity index is 2.17. The van der Waals surface area contributed by atoms with E-state index in [2.05, 4.69) is 19.2 Å². The molecule has 20 heavy (non-hydrogen) atoms. The van der Waals surface area contributed by atoms with Gasteiger partial charge in [-0.1, -0.05) is 30.7 Å². The van der Waals surface area contributed by atoms with Crippen LogP contribution in [0, 0.1) is 0 Å². The highest BCUT2D eigenvalue weighted by Gasteiger charge is 2.05. The number of hydrogen-bond donors (Lipinski definition) is 2. The van der Waals surface area contributed by atoms with Crippen LogP contribution in [0.25, 0.3) is 0 Å². The summed E-state index contributed by atoms with van der Waals surface area (Å²) in [7, 11) is 0.